The van der Waals surface area contributed by atoms with Gasteiger partial charge in [0.2, 0.25) is 0 Å². The molecule has 1 unspecified atom stereocenters. The Labute approximate surface area is 177 Å². The van der Waals surface area contributed by atoms with Gasteiger partial charge in [0, 0.05) is 29.5 Å². The van der Waals surface area contributed by atoms with E-state index in [-0.39, 0.29) is 12.6 Å². The van der Waals surface area contributed by atoms with Crippen molar-refractivity contribution in [1.82, 2.24) is 15.6 Å². The molecule has 30 heavy (non-hydrogen) atoms. The number of fused-ring (bicyclic) bond motifs is 1. The molecular formula is C20H25F3N4O2S. The van der Waals surface area contributed by atoms with Crippen LogP contribution in [0.4, 0.5) is 13.2 Å². The maximum absolute atomic E-state index is 12.7. The number of thiazole rings is 1. The number of nitrogens with zero attached hydrogens (tertiary/aromatic N) is 2. The smallest absolute Gasteiger partial charge is 0.434 e. The molecule has 0 saturated heterocycles. The van der Waals surface area contributed by atoms with Crippen LogP contribution in [-0.4, -0.2) is 30.2 Å². The third-order valence-electron chi connectivity index (χ3n) is 4.38. The summed E-state index contributed by atoms with van der Waals surface area (Å²) in [6, 6.07) is 3.95. The van der Waals surface area contributed by atoms with E-state index in [0.29, 0.717) is 30.7 Å². The number of halogens is 3. The molecule has 2 aromatic rings. The summed E-state index contributed by atoms with van der Waals surface area (Å²) < 4.78 is 49.8. The van der Waals surface area contributed by atoms with E-state index in [9.17, 15) is 13.2 Å². The topological polar surface area (TPSA) is 67.8 Å². The normalized spacial score (nSPS) is 16.2. The van der Waals surface area contributed by atoms with Gasteiger partial charge in [0.05, 0.1) is 19.7 Å². The maximum Gasteiger partial charge on any atom is 0.434 e. The van der Waals surface area contributed by atoms with Crippen molar-refractivity contribution >= 4 is 17.3 Å². The number of alkyl halides is 3. The highest BCUT2D eigenvalue weighted by Crippen LogP contribution is 2.35. The van der Waals surface area contributed by atoms with Crippen molar-refractivity contribution in [2.24, 2.45) is 4.99 Å². The summed E-state index contributed by atoms with van der Waals surface area (Å²) >= 11 is 0.961. The van der Waals surface area contributed by atoms with Gasteiger partial charge >= 0.3 is 6.18 Å². The van der Waals surface area contributed by atoms with Crippen molar-refractivity contribution in [3.05, 3.63) is 39.3 Å². The predicted molar refractivity (Wildman–Crippen MR) is 110 cm³/mol. The molecule has 0 fully saturated rings. The third-order valence-corrected chi connectivity index (χ3v) is 5.23. The van der Waals surface area contributed by atoms with Gasteiger partial charge in [-0.15, -0.1) is 11.3 Å². The largest absolute Gasteiger partial charge is 0.494 e. The number of hydrogen-bond acceptors (Lipinski definition) is 5. The number of hydrogen-bond donors (Lipinski definition) is 2. The fourth-order valence-corrected chi connectivity index (χ4v) is 3.82. The van der Waals surface area contributed by atoms with Gasteiger partial charge in [0.15, 0.2) is 11.7 Å². The molecule has 1 atom stereocenters. The molecule has 0 amide bonds. The highest BCUT2D eigenvalue weighted by atomic mass is 32.1. The maximum atomic E-state index is 12.7. The number of benzene rings is 1. The van der Waals surface area contributed by atoms with E-state index in [1.807, 2.05) is 32.9 Å². The quantitative estimate of drug-likeness (QED) is 0.498. The molecule has 1 aliphatic heterocycles. The number of nitrogens with one attached hydrogen (secondary N) is 2. The van der Waals surface area contributed by atoms with E-state index in [4.69, 9.17) is 9.47 Å². The van der Waals surface area contributed by atoms with Crippen molar-refractivity contribution in [2.45, 2.75) is 52.6 Å². The number of aromatic nitrogens is 1. The first-order valence-electron chi connectivity index (χ1n) is 9.79. The fourth-order valence-electron chi connectivity index (χ4n) is 3.08. The molecule has 2 N–H and O–H groups in total. The van der Waals surface area contributed by atoms with Gasteiger partial charge in [-0.05, 0) is 32.9 Å². The molecule has 3 rings (SSSR count). The number of rotatable bonds is 7. The van der Waals surface area contributed by atoms with Crippen LogP contribution in [0.15, 0.2) is 22.5 Å². The summed E-state index contributed by atoms with van der Waals surface area (Å²) in [6.45, 7) is 7.49. The van der Waals surface area contributed by atoms with Crippen molar-refractivity contribution in [1.29, 1.82) is 0 Å². The summed E-state index contributed by atoms with van der Waals surface area (Å²) in [5.74, 6) is 2.10. The van der Waals surface area contributed by atoms with E-state index in [2.05, 4.69) is 20.6 Å². The average Bonchev–Trinajstić information content (AvgIpc) is 3.29. The Morgan fingerprint density at radius 3 is 2.80 bits per heavy atom. The van der Waals surface area contributed by atoms with Crippen molar-refractivity contribution in [3.8, 4) is 11.5 Å². The number of guanidine groups is 1. The minimum absolute atomic E-state index is 0.132. The molecule has 1 aliphatic rings. The Kier molecular flexibility index (Phi) is 7.06. The Hall–Kier alpha value is -2.49. The molecule has 1 aromatic carbocycles. The van der Waals surface area contributed by atoms with Crippen molar-refractivity contribution < 1.29 is 22.6 Å². The van der Waals surface area contributed by atoms with Crippen LogP contribution < -0.4 is 20.1 Å². The molecule has 2 heterocycles. The summed E-state index contributed by atoms with van der Waals surface area (Å²) in [4.78, 5) is 8.18. The molecule has 0 saturated carbocycles. The first-order valence-corrected chi connectivity index (χ1v) is 10.7. The van der Waals surface area contributed by atoms with Crippen LogP contribution in [0.2, 0.25) is 0 Å². The van der Waals surface area contributed by atoms with Gasteiger partial charge < -0.3 is 20.1 Å². The summed E-state index contributed by atoms with van der Waals surface area (Å²) in [7, 11) is 0. The lowest BCUT2D eigenvalue weighted by atomic mass is 10.1. The van der Waals surface area contributed by atoms with Gasteiger partial charge in [0.25, 0.3) is 0 Å². The molecule has 164 valence electrons. The molecule has 1 aromatic heterocycles. The number of ether oxygens (including phenoxy) is 2. The Bertz CT molecular complexity index is 899. The third kappa shape index (κ3) is 5.56. The molecule has 0 bridgehead atoms. The summed E-state index contributed by atoms with van der Waals surface area (Å²) in [6.07, 6.45) is -3.46. The molecule has 6 nitrogen and oxygen atoms in total. The van der Waals surface area contributed by atoms with Crippen LogP contribution in [0.1, 0.15) is 42.6 Å². The fraction of sp³-hybridized carbons (Fsp3) is 0.500. The van der Waals surface area contributed by atoms with Gasteiger partial charge in [-0.3, -0.25) is 0 Å². The second-order valence-corrected chi connectivity index (χ2v) is 7.75. The summed E-state index contributed by atoms with van der Waals surface area (Å²) in [5.41, 5.74) is 1.13. The second-order valence-electron chi connectivity index (χ2n) is 6.81. The minimum atomic E-state index is -4.43. The molecular weight excluding hydrogens is 417 g/mol. The Morgan fingerprint density at radius 1 is 1.33 bits per heavy atom. The zero-order valence-electron chi connectivity index (χ0n) is 17.1. The van der Waals surface area contributed by atoms with Crippen LogP contribution in [0.25, 0.3) is 0 Å². The van der Waals surface area contributed by atoms with Crippen LogP contribution >= 0.6 is 11.3 Å². The van der Waals surface area contributed by atoms with Gasteiger partial charge in [-0.2, -0.15) is 13.2 Å². The van der Waals surface area contributed by atoms with E-state index in [0.717, 1.165) is 45.8 Å². The number of aliphatic imine (C=N–C) groups is 1. The van der Waals surface area contributed by atoms with Crippen molar-refractivity contribution in [2.75, 3.05) is 13.2 Å². The SMILES string of the molecule is CCNC(=NCc1cc2c(cc1OCC)CC(C)O2)NCc1nc(C(F)(F)F)cs1. The van der Waals surface area contributed by atoms with E-state index in [1.165, 1.54) is 0 Å². The lowest BCUT2D eigenvalue weighted by Gasteiger charge is -2.13. The van der Waals surface area contributed by atoms with Gasteiger partial charge in [-0.25, -0.2) is 9.98 Å². The monoisotopic (exact) mass is 442 g/mol. The van der Waals surface area contributed by atoms with Crippen molar-refractivity contribution in [3.63, 3.8) is 0 Å². The molecule has 10 heteroatoms. The van der Waals surface area contributed by atoms with Crippen LogP contribution in [-0.2, 0) is 25.7 Å². The Balaban J connectivity index is 1.71. The standard InChI is InChI=1S/C20H25F3N4O2S/c1-4-24-19(26-10-18-27-17(11-30-18)20(21,22)23)25-9-14-8-16-13(6-12(3)29-16)7-15(14)28-5-2/h7-8,11-12H,4-6,9-10H2,1-3H3,(H2,24,25,26). The highest BCUT2D eigenvalue weighted by Gasteiger charge is 2.33. The van der Waals surface area contributed by atoms with Crippen LogP contribution in [0.5, 0.6) is 11.5 Å². The zero-order chi connectivity index (χ0) is 21.7. The van der Waals surface area contributed by atoms with Gasteiger partial charge in [-0.1, -0.05) is 0 Å². The van der Waals surface area contributed by atoms with Crippen LogP contribution in [0.3, 0.4) is 0 Å². The molecule has 0 radical (unpaired) electrons. The zero-order valence-corrected chi connectivity index (χ0v) is 17.9. The first-order chi connectivity index (χ1) is 14.3. The molecule has 0 spiro atoms. The average molecular weight is 443 g/mol. The second kappa shape index (κ2) is 9.55. The van der Waals surface area contributed by atoms with Gasteiger partial charge in [0.1, 0.15) is 22.6 Å². The lowest BCUT2D eigenvalue weighted by Crippen LogP contribution is -2.36. The predicted octanol–water partition coefficient (Wildman–Crippen LogP) is 4.14. The molecule has 0 aliphatic carbocycles. The van der Waals surface area contributed by atoms with E-state index >= 15 is 0 Å². The minimum Gasteiger partial charge on any atom is -0.494 e. The van der Waals surface area contributed by atoms with E-state index < -0.39 is 11.9 Å². The highest BCUT2D eigenvalue weighted by molar-refractivity contribution is 7.09. The summed E-state index contributed by atoms with van der Waals surface area (Å²) in [5, 5.41) is 7.47. The first kappa shape index (κ1) is 22.2. The van der Waals surface area contributed by atoms with E-state index in [1.54, 1.807) is 0 Å². The Morgan fingerprint density at radius 2 is 2.13 bits per heavy atom. The lowest BCUT2D eigenvalue weighted by molar-refractivity contribution is -0.140. The van der Waals surface area contributed by atoms with Crippen LogP contribution in [0, 0.1) is 0 Å².